The van der Waals surface area contributed by atoms with Crippen molar-refractivity contribution in [3.05, 3.63) is 70.1 Å². The van der Waals surface area contributed by atoms with Crippen LogP contribution >= 0.6 is 23.1 Å². The number of hydrogen-bond donors (Lipinski definition) is 1. The van der Waals surface area contributed by atoms with Gasteiger partial charge in [0.05, 0.1) is 16.7 Å². The van der Waals surface area contributed by atoms with Crippen molar-refractivity contribution in [1.82, 2.24) is 14.9 Å². The van der Waals surface area contributed by atoms with Gasteiger partial charge in [-0.3, -0.25) is 14.2 Å². The zero-order chi connectivity index (χ0) is 20.3. The van der Waals surface area contributed by atoms with Crippen molar-refractivity contribution in [3.8, 4) is 0 Å². The fourth-order valence-corrected chi connectivity index (χ4v) is 4.42. The largest absolute Gasteiger partial charge is 0.349 e. The number of carbonyl (C=O) groups is 1. The molecule has 0 fully saturated rings. The number of aromatic nitrogens is 2. The molecular weight excluding hydrogens is 397 g/mol. The smallest absolute Gasteiger partial charge is 0.263 e. The maximum Gasteiger partial charge on any atom is 0.263 e. The monoisotopic (exact) mass is 417 g/mol. The maximum absolute atomic E-state index is 13.1. The second kappa shape index (κ2) is 8.70. The summed E-state index contributed by atoms with van der Waals surface area (Å²) in [4.78, 5) is 30.5. The number of nitrogens with one attached hydrogen (secondary N) is 1. The molecule has 2 unspecified atom stereocenters. The fourth-order valence-electron chi connectivity index (χ4n) is 2.69. The van der Waals surface area contributed by atoms with E-state index in [-0.39, 0.29) is 23.3 Å². The molecule has 0 radical (unpaired) electrons. The van der Waals surface area contributed by atoms with Gasteiger partial charge in [-0.05, 0) is 43.0 Å². The van der Waals surface area contributed by atoms with E-state index >= 15 is 0 Å². The van der Waals surface area contributed by atoms with E-state index in [0.29, 0.717) is 21.9 Å². The zero-order valence-electron chi connectivity index (χ0n) is 15.5. The van der Waals surface area contributed by atoms with Crippen LogP contribution in [-0.2, 0) is 11.3 Å². The van der Waals surface area contributed by atoms with Crippen molar-refractivity contribution in [2.24, 2.45) is 0 Å². The Bertz CT molecular complexity index is 1060. The average Bonchev–Trinajstić information content (AvgIpc) is 3.14. The van der Waals surface area contributed by atoms with Crippen LogP contribution < -0.4 is 10.9 Å². The minimum Gasteiger partial charge on any atom is -0.349 e. The minimum absolute atomic E-state index is 0.138. The number of rotatable bonds is 7. The number of thioether (sulfide) groups is 1. The summed E-state index contributed by atoms with van der Waals surface area (Å²) in [6.07, 6.45) is 1.63. The van der Waals surface area contributed by atoms with Crippen LogP contribution in [0, 0.1) is 5.82 Å². The molecule has 3 rings (SSSR count). The van der Waals surface area contributed by atoms with Crippen LogP contribution in [0.25, 0.3) is 10.2 Å². The van der Waals surface area contributed by atoms with Gasteiger partial charge in [0.15, 0.2) is 5.16 Å². The minimum atomic E-state index is -0.469. The van der Waals surface area contributed by atoms with E-state index < -0.39 is 5.25 Å². The van der Waals surface area contributed by atoms with Gasteiger partial charge in [-0.2, -0.15) is 0 Å². The van der Waals surface area contributed by atoms with Crippen molar-refractivity contribution in [2.45, 2.75) is 36.8 Å². The fraction of sp³-hybridized carbons (Fsp3) is 0.250. The highest BCUT2D eigenvalue weighted by Crippen LogP contribution is 2.25. The summed E-state index contributed by atoms with van der Waals surface area (Å²) in [6, 6.07) is 7.51. The summed E-state index contributed by atoms with van der Waals surface area (Å²) < 4.78 is 14.6. The highest BCUT2D eigenvalue weighted by atomic mass is 32.2. The Morgan fingerprint density at radius 3 is 2.75 bits per heavy atom. The summed E-state index contributed by atoms with van der Waals surface area (Å²) >= 11 is 2.62. The van der Waals surface area contributed by atoms with E-state index in [9.17, 15) is 14.0 Å². The SMILES string of the molecule is C=CCn1c(SC(C)C(=O)NC(C)c2ccc(F)cc2)nc2sccc2c1=O. The summed E-state index contributed by atoms with van der Waals surface area (Å²) in [6.45, 7) is 7.62. The Labute approximate surface area is 170 Å². The molecule has 0 aliphatic heterocycles. The normalized spacial score (nSPS) is 13.2. The summed E-state index contributed by atoms with van der Waals surface area (Å²) in [5, 5.41) is 5.33. The molecule has 0 saturated carbocycles. The van der Waals surface area contributed by atoms with Gasteiger partial charge in [-0.1, -0.05) is 30.0 Å². The van der Waals surface area contributed by atoms with Crippen LogP contribution in [0.4, 0.5) is 4.39 Å². The standard InChI is InChI=1S/C20H20FN3O2S2/c1-4-10-24-19(26)16-9-11-27-18(16)23-20(24)28-13(3)17(25)22-12(2)14-5-7-15(21)8-6-14/h4-9,11-13H,1,10H2,2-3H3,(H,22,25). The number of halogens is 1. The van der Waals surface area contributed by atoms with Gasteiger partial charge in [0.1, 0.15) is 10.6 Å². The Kier molecular flexibility index (Phi) is 6.31. The Morgan fingerprint density at radius 2 is 2.07 bits per heavy atom. The van der Waals surface area contributed by atoms with E-state index in [1.54, 1.807) is 31.2 Å². The van der Waals surface area contributed by atoms with E-state index in [0.717, 1.165) is 5.56 Å². The molecule has 8 heteroatoms. The van der Waals surface area contributed by atoms with Gasteiger partial charge in [0.25, 0.3) is 5.56 Å². The number of benzene rings is 1. The van der Waals surface area contributed by atoms with Crippen molar-refractivity contribution in [3.63, 3.8) is 0 Å². The highest BCUT2D eigenvalue weighted by Gasteiger charge is 2.21. The van der Waals surface area contributed by atoms with E-state index in [2.05, 4.69) is 16.9 Å². The molecule has 2 heterocycles. The maximum atomic E-state index is 13.1. The predicted octanol–water partition coefficient (Wildman–Crippen LogP) is 4.14. The van der Waals surface area contributed by atoms with Gasteiger partial charge in [0.2, 0.25) is 5.91 Å². The first kappa shape index (κ1) is 20.3. The third-order valence-electron chi connectivity index (χ3n) is 4.24. The first-order valence-corrected chi connectivity index (χ1v) is 10.5. The molecule has 0 saturated heterocycles. The molecule has 0 spiro atoms. The first-order chi connectivity index (χ1) is 13.4. The van der Waals surface area contributed by atoms with Crippen LogP contribution in [0.2, 0.25) is 0 Å². The average molecular weight is 418 g/mol. The van der Waals surface area contributed by atoms with Crippen molar-refractivity contribution in [2.75, 3.05) is 0 Å². The number of nitrogens with zero attached hydrogens (tertiary/aromatic N) is 2. The van der Waals surface area contributed by atoms with Gasteiger partial charge in [-0.15, -0.1) is 17.9 Å². The predicted molar refractivity (Wildman–Crippen MR) is 112 cm³/mol. The lowest BCUT2D eigenvalue weighted by molar-refractivity contribution is -0.120. The lowest BCUT2D eigenvalue weighted by atomic mass is 10.1. The molecular formula is C20H20FN3O2S2. The molecule has 1 N–H and O–H groups in total. The molecule has 5 nitrogen and oxygen atoms in total. The van der Waals surface area contributed by atoms with Crippen molar-refractivity contribution < 1.29 is 9.18 Å². The second-order valence-corrected chi connectivity index (χ2v) is 8.48. The molecule has 1 amide bonds. The molecule has 2 atom stereocenters. The third kappa shape index (κ3) is 4.34. The number of fused-ring (bicyclic) bond motifs is 1. The quantitative estimate of drug-likeness (QED) is 0.356. The lowest BCUT2D eigenvalue weighted by Gasteiger charge is -2.18. The van der Waals surface area contributed by atoms with Crippen LogP contribution in [0.15, 0.2) is 58.3 Å². The highest BCUT2D eigenvalue weighted by molar-refractivity contribution is 8.00. The van der Waals surface area contributed by atoms with Crippen LogP contribution in [0.3, 0.4) is 0 Å². The lowest BCUT2D eigenvalue weighted by Crippen LogP contribution is -2.33. The topological polar surface area (TPSA) is 64.0 Å². The van der Waals surface area contributed by atoms with Gasteiger partial charge >= 0.3 is 0 Å². The number of thiophene rings is 1. The molecule has 0 aliphatic rings. The first-order valence-electron chi connectivity index (χ1n) is 8.72. The summed E-state index contributed by atoms with van der Waals surface area (Å²) in [7, 11) is 0. The Morgan fingerprint density at radius 1 is 1.36 bits per heavy atom. The third-order valence-corrected chi connectivity index (χ3v) is 6.14. The molecule has 3 aromatic rings. The van der Waals surface area contributed by atoms with Gasteiger partial charge in [-0.25, -0.2) is 9.37 Å². The summed E-state index contributed by atoms with van der Waals surface area (Å²) in [5.41, 5.74) is 0.676. The number of hydrogen-bond acceptors (Lipinski definition) is 5. The number of carbonyl (C=O) groups excluding carboxylic acids is 1. The van der Waals surface area contributed by atoms with Crippen LogP contribution in [-0.4, -0.2) is 20.7 Å². The molecule has 28 heavy (non-hydrogen) atoms. The van der Waals surface area contributed by atoms with Gasteiger partial charge in [0, 0.05) is 6.54 Å². The second-order valence-electron chi connectivity index (χ2n) is 6.28. The Balaban J connectivity index is 1.78. The molecule has 1 aromatic carbocycles. The number of amides is 1. The van der Waals surface area contributed by atoms with E-state index in [4.69, 9.17) is 0 Å². The zero-order valence-corrected chi connectivity index (χ0v) is 17.1. The van der Waals surface area contributed by atoms with Crippen molar-refractivity contribution >= 4 is 39.2 Å². The molecule has 146 valence electrons. The molecule has 2 aromatic heterocycles. The van der Waals surface area contributed by atoms with E-state index in [1.807, 2.05) is 12.3 Å². The van der Waals surface area contributed by atoms with Gasteiger partial charge < -0.3 is 5.32 Å². The van der Waals surface area contributed by atoms with E-state index in [1.165, 1.54) is 39.8 Å². The molecule has 0 aliphatic carbocycles. The van der Waals surface area contributed by atoms with Crippen LogP contribution in [0.1, 0.15) is 25.5 Å². The summed E-state index contributed by atoms with van der Waals surface area (Å²) in [5.74, 6) is -0.506. The molecule has 0 bridgehead atoms. The number of allylic oxidation sites excluding steroid dienone is 1. The Hall–Kier alpha value is -2.45. The van der Waals surface area contributed by atoms with Crippen LogP contribution in [0.5, 0.6) is 0 Å². The van der Waals surface area contributed by atoms with Crippen molar-refractivity contribution in [1.29, 1.82) is 0 Å².